The average Bonchev–Trinajstić information content (AvgIpc) is 2.87. The number of fused-ring (bicyclic) bond motifs is 1. The number of benzene rings is 1. The van der Waals surface area contributed by atoms with E-state index in [1.165, 1.54) is 32.4 Å². The summed E-state index contributed by atoms with van der Waals surface area (Å²) in [6.45, 7) is 6.35. The zero-order chi connectivity index (χ0) is 14.8. The van der Waals surface area contributed by atoms with Crippen molar-refractivity contribution in [1.82, 2.24) is 14.5 Å². The fourth-order valence-electron chi connectivity index (χ4n) is 3.09. The molecule has 1 aromatic heterocycles. The van der Waals surface area contributed by atoms with Crippen LogP contribution in [0.3, 0.4) is 0 Å². The van der Waals surface area contributed by atoms with E-state index in [0.717, 1.165) is 29.9 Å². The molecule has 1 saturated heterocycles. The number of piperidine rings is 1. The fraction of sp³-hybridized carbons (Fsp3) is 0.562. The van der Waals surface area contributed by atoms with Gasteiger partial charge in [-0.25, -0.2) is 4.98 Å². The van der Waals surface area contributed by atoms with Gasteiger partial charge in [0.25, 0.3) is 0 Å². The molecule has 1 aromatic carbocycles. The van der Waals surface area contributed by atoms with Crippen molar-refractivity contribution in [3.8, 4) is 0 Å². The van der Waals surface area contributed by atoms with Gasteiger partial charge in [-0.3, -0.25) is 0 Å². The minimum absolute atomic E-state index is 0.116. The van der Waals surface area contributed by atoms with E-state index in [-0.39, 0.29) is 5.38 Å². The quantitative estimate of drug-likeness (QED) is 0.773. The molecule has 1 aliphatic rings. The maximum absolute atomic E-state index is 6.31. The molecule has 2 aromatic rings. The SMILES string of the molecule is CC(Cl)c1nc2c(Cl)cccc2n1CCN1CCCCC1. The van der Waals surface area contributed by atoms with Crippen LogP contribution < -0.4 is 0 Å². The number of hydrogen-bond acceptors (Lipinski definition) is 2. The predicted octanol–water partition coefficient (Wildman–Crippen LogP) is 4.48. The highest BCUT2D eigenvalue weighted by Gasteiger charge is 2.17. The summed E-state index contributed by atoms with van der Waals surface area (Å²) in [4.78, 5) is 7.19. The van der Waals surface area contributed by atoms with Crippen LogP contribution >= 0.6 is 23.2 Å². The van der Waals surface area contributed by atoms with Gasteiger partial charge in [0.15, 0.2) is 0 Å². The summed E-state index contributed by atoms with van der Waals surface area (Å²) in [5.74, 6) is 0.914. The second-order valence-electron chi connectivity index (χ2n) is 5.75. The summed E-state index contributed by atoms with van der Waals surface area (Å²) in [5.41, 5.74) is 1.95. The average molecular weight is 326 g/mol. The molecule has 3 rings (SSSR count). The van der Waals surface area contributed by atoms with E-state index in [2.05, 4.69) is 20.5 Å². The maximum Gasteiger partial charge on any atom is 0.127 e. The van der Waals surface area contributed by atoms with E-state index >= 15 is 0 Å². The van der Waals surface area contributed by atoms with Crippen molar-refractivity contribution in [2.75, 3.05) is 19.6 Å². The first kappa shape index (κ1) is 15.1. The first-order chi connectivity index (χ1) is 10.2. The smallest absolute Gasteiger partial charge is 0.127 e. The lowest BCUT2D eigenvalue weighted by Crippen LogP contribution is -2.32. The maximum atomic E-state index is 6.31. The molecule has 2 heterocycles. The van der Waals surface area contributed by atoms with E-state index in [1.807, 2.05) is 19.1 Å². The van der Waals surface area contributed by atoms with Crippen LogP contribution in [0.15, 0.2) is 18.2 Å². The van der Waals surface area contributed by atoms with Crippen molar-refractivity contribution >= 4 is 34.2 Å². The molecule has 0 radical (unpaired) electrons. The summed E-state index contributed by atoms with van der Waals surface area (Å²) in [6, 6.07) is 5.94. The van der Waals surface area contributed by atoms with Crippen molar-refractivity contribution in [3.63, 3.8) is 0 Å². The Morgan fingerprint density at radius 2 is 1.95 bits per heavy atom. The molecule has 3 nitrogen and oxygen atoms in total. The molecular formula is C16H21Cl2N3. The summed E-state index contributed by atoms with van der Waals surface area (Å²) < 4.78 is 2.23. The van der Waals surface area contributed by atoms with Crippen molar-refractivity contribution in [1.29, 1.82) is 0 Å². The van der Waals surface area contributed by atoms with Gasteiger partial charge in [0.1, 0.15) is 11.3 Å². The molecular weight excluding hydrogens is 305 g/mol. The molecule has 0 aliphatic carbocycles. The van der Waals surface area contributed by atoms with Crippen LogP contribution in [-0.4, -0.2) is 34.1 Å². The number of halogens is 2. The molecule has 1 atom stereocenters. The Kier molecular flexibility index (Phi) is 4.72. The third-order valence-corrected chi connectivity index (χ3v) is 4.70. The third-order valence-electron chi connectivity index (χ3n) is 4.20. The Hall–Kier alpha value is -0.770. The Balaban J connectivity index is 1.88. The van der Waals surface area contributed by atoms with E-state index < -0.39 is 0 Å². The second-order valence-corrected chi connectivity index (χ2v) is 6.81. The standard InChI is InChI=1S/C16H21Cl2N3/c1-12(17)16-19-15-13(18)6-5-7-14(15)21(16)11-10-20-8-3-2-4-9-20/h5-7,12H,2-4,8-11H2,1H3. The Labute approximate surface area is 135 Å². The van der Waals surface area contributed by atoms with Gasteiger partial charge in [0, 0.05) is 13.1 Å². The van der Waals surface area contributed by atoms with Crippen molar-refractivity contribution < 1.29 is 0 Å². The number of rotatable bonds is 4. The fourth-order valence-corrected chi connectivity index (χ4v) is 3.47. The van der Waals surface area contributed by atoms with Crippen LogP contribution in [0.1, 0.15) is 37.4 Å². The Morgan fingerprint density at radius 1 is 1.19 bits per heavy atom. The highest BCUT2D eigenvalue weighted by Crippen LogP contribution is 2.28. The lowest BCUT2D eigenvalue weighted by atomic mass is 10.1. The van der Waals surface area contributed by atoms with Crippen LogP contribution in [-0.2, 0) is 6.54 Å². The van der Waals surface area contributed by atoms with Gasteiger partial charge in [-0.15, -0.1) is 11.6 Å². The number of para-hydroxylation sites is 1. The normalized spacial score (nSPS) is 18.2. The Bertz CT molecular complexity index is 615. The first-order valence-corrected chi connectivity index (χ1v) is 8.49. The van der Waals surface area contributed by atoms with Crippen molar-refractivity contribution in [2.45, 2.75) is 38.1 Å². The molecule has 21 heavy (non-hydrogen) atoms. The molecule has 0 N–H and O–H groups in total. The molecule has 0 amide bonds. The second kappa shape index (κ2) is 6.55. The Morgan fingerprint density at radius 3 is 2.67 bits per heavy atom. The predicted molar refractivity (Wildman–Crippen MR) is 89.3 cm³/mol. The number of alkyl halides is 1. The van der Waals surface area contributed by atoms with E-state index in [0.29, 0.717) is 5.02 Å². The van der Waals surface area contributed by atoms with Crippen molar-refractivity contribution in [3.05, 3.63) is 29.0 Å². The van der Waals surface area contributed by atoms with Gasteiger partial charge in [0.05, 0.1) is 15.9 Å². The third kappa shape index (κ3) is 3.20. The molecule has 0 bridgehead atoms. The van der Waals surface area contributed by atoms with Gasteiger partial charge >= 0.3 is 0 Å². The summed E-state index contributed by atoms with van der Waals surface area (Å²) >= 11 is 12.6. The first-order valence-electron chi connectivity index (χ1n) is 7.68. The number of hydrogen-bond donors (Lipinski definition) is 0. The summed E-state index contributed by atoms with van der Waals surface area (Å²) in [6.07, 6.45) is 3.99. The molecule has 0 saturated carbocycles. The minimum Gasteiger partial charge on any atom is -0.325 e. The van der Waals surface area contributed by atoms with Crippen LogP contribution in [0, 0.1) is 0 Å². The molecule has 114 valence electrons. The van der Waals surface area contributed by atoms with Gasteiger partial charge < -0.3 is 9.47 Å². The molecule has 0 spiro atoms. The molecule has 1 aliphatic heterocycles. The van der Waals surface area contributed by atoms with Crippen LogP contribution in [0.2, 0.25) is 5.02 Å². The van der Waals surface area contributed by atoms with Crippen molar-refractivity contribution in [2.24, 2.45) is 0 Å². The number of nitrogens with zero attached hydrogens (tertiary/aromatic N) is 3. The van der Waals surface area contributed by atoms with Gasteiger partial charge in [-0.1, -0.05) is 24.1 Å². The number of imidazole rings is 1. The zero-order valence-electron chi connectivity index (χ0n) is 12.4. The molecule has 1 fully saturated rings. The van der Waals surface area contributed by atoms with Gasteiger partial charge in [-0.2, -0.15) is 0 Å². The van der Waals surface area contributed by atoms with Crippen LogP contribution in [0.25, 0.3) is 11.0 Å². The van der Waals surface area contributed by atoms with Crippen LogP contribution in [0.5, 0.6) is 0 Å². The highest BCUT2D eigenvalue weighted by molar-refractivity contribution is 6.35. The van der Waals surface area contributed by atoms with Gasteiger partial charge in [-0.05, 0) is 45.0 Å². The molecule has 1 unspecified atom stereocenters. The summed E-state index contributed by atoms with van der Waals surface area (Å²) in [5, 5.41) is 0.581. The highest BCUT2D eigenvalue weighted by atomic mass is 35.5. The van der Waals surface area contributed by atoms with E-state index in [4.69, 9.17) is 23.2 Å². The van der Waals surface area contributed by atoms with Gasteiger partial charge in [0.2, 0.25) is 0 Å². The monoisotopic (exact) mass is 325 g/mol. The number of likely N-dealkylation sites (tertiary alicyclic amines) is 1. The van der Waals surface area contributed by atoms with E-state index in [9.17, 15) is 0 Å². The minimum atomic E-state index is -0.116. The largest absolute Gasteiger partial charge is 0.325 e. The summed E-state index contributed by atoms with van der Waals surface area (Å²) in [7, 11) is 0. The lowest BCUT2D eigenvalue weighted by molar-refractivity contribution is 0.221. The lowest BCUT2D eigenvalue weighted by Gasteiger charge is -2.27. The number of aromatic nitrogens is 2. The van der Waals surface area contributed by atoms with Crippen LogP contribution in [0.4, 0.5) is 0 Å². The topological polar surface area (TPSA) is 21.1 Å². The zero-order valence-corrected chi connectivity index (χ0v) is 13.9. The molecule has 5 heteroatoms. The van der Waals surface area contributed by atoms with E-state index in [1.54, 1.807) is 0 Å².